The van der Waals surface area contributed by atoms with Crippen LogP contribution in [0.25, 0.3) is 0 Å². The summed E-state index contributed by atoms with van der Waals surface area (Å²) in [5.74, 6) is -1.73. The molecule has 0 aliphatic carbocycles. The van der Waals surface area contributed by atoms with Crippen molar-refractivity contribution < 1.29 is 20.1 Å². The first kappa shape index (κ1) is 8.75. The molecular formula is C6H8O4. The largest absolute Gasteiger partial charge is 0.502 e. The Balaban J connectivity index is 3.97. The Hall–Kier alpha value is -1.25. The molecule has 0 aromatic heterocycles. The lowest BCUT2D eigenvalue weighted by atomic mass is 10.2. The zero-order chi connectivity index (χ0) is 8.15. The summed E-state index contributed by atoms with van der Waals surface area (Å²) >= 11 is 0. The standard InChI is InChI=1S/C6H8O4/c1-2-4(7)5(8)3-6(9)10/h5,7-8H,1,3H2,(H,9,10). The zero-order valence-corrected chi connectivity index (χ0v) is 5.24. The lowest BCUT2D eigenvalue weighted by molar-refractivity contribution is -0.139. The van der Waals surface area contributed by atoms with Gasteiger partial charge < -0.3 is 15.3 Å². The molecule has 0 aliphatic rings. The molecule has 1 unspecified atom stereocenters. The van der Waals surface area contributed by atoms with Gasteiger partial charge in [-0.1, -0.05) is 12.3 Å². The van der Waals surface area contributed by atoms with Crippen LogP contribution in [0.3, 0.4) is 0 Å². The minimum atomic E-state index is -1.39. The van der Waals surface area contributed by atoms with Gasteiger partial charge >= 0.3 is 5.97 Å². The molecule has 0 bridgehead atoms. The van der Waals surface area contributed by atoms with E-state index >= 15 is 0 Å². The molecule has 1 atom stereocenters. The maximum Gasteiger partial charge on any atom is 0.306 e. The number of aliphatic carboxylic acids is 1. The van der Waals surface area contributed by atoms with Gasteiger partial charge in [-0.25, -0.2) is 0 Å². The third-order valence-corrected chi connectivity index (χ3v) is 0.865. The lowest BCUT2D eigenvalue weighted by Gasteiger charge is -2.02. The number of rotatable bonds is 3. The second-order valence-electron chi connectivity index (χ2n) is 1.68. The Morgan fingerprint density at radius 2 is 2.10 bits per heavy atom. The van der Waals surface area contributed by atoms with Crippen LogP contribution in [0, 0.1) is 0 Å². The van der Waals surface area contributed by atoms with Crippen molar-refractivity contribution in [3.63, 3.8) is 0 Å². The maximum atomic E-state index is 9.90. The van der Waals surface area contributed by atoms with Crippen LogP contribution in [-0.2, 0) is 4.79 Å². The smallest absolute Gasteiger partial charge is 0.306 e. The van der Waals surface area contributed by atoms with E-state index < -0.39 is 24.3 Å². The van der Waals surface area contributed by atoms with E-state index in [0.717, 1.165) is 0 Å². The van der Waals surface area contributed by atoms with Gasteiger partial charge in [-0.3, -0.25) is 4.79 Å². The van der Waals surface area contributed by atoms with Crippen LogP contribution in [0.15, 0.2) is 18.1 Å². The number of carboxylic acid groups (broad SMARTS) is 1. The van der Waals surface area contributed by atoms with Crippen LogP contribution in [-0.4, -0.2) is 27.4 Å². The third kappa shape index (κ3) is 2.91. The molecule has 0 radical (unpaired) electrons. The van der Waals surface area contributed by atoms with Crippen molar-refractivity contribution >= 4 is 5.97 Å². The van der Waals surface area contributed by atoms with E-state index in [-0.39, 0.29) is 0 Å². The van der Waals surface area contributed by atoms with E-state index in [9.17, 15) is 4.79 Å². The topological polar surface area (TPSA) is 77.8 Å². The molecule has 0 aromatic carbocycles. The van der Waals surface area contributed by atoms with Crippen LogP contribution >= 0.6 is 0 Å². The number of aliphatic hydroxyl groups is 2. The average Bonchev–Trinajstić information content (AvgIpc) is 1.85. The molecule has 0 rings (SSSR count). The highest BCUT2D eigenvalue weighted by molar-refractivity contribution is 5.67. The minimum Gasteiger partial charge on any atom is -0.502 e. The van der Waals surface area contributed by atoms with E-state index in [1.807, 2.05) is 5.73 Å². The fourth-order valence-corrected chi connectivity index (χ4v) is 0.380. The molecule has 0 amide bonds. The summed E-state index contributed by atoms with van der Waals surface area (Å²) in [7, 11) is 0. The Labute approximate surface area is 57.7 Å². The Bertz CT molecular complexity index is 178. The molecule has 0 saturated carbocycles. The molecule has 0 saturated heterocycles. The van der Waals surface area contributed by atoms with Crippen molar-refractivity contribution in [2.24, 2.45) is 0 Å². The van der Waals surface area contributed by atoms with Crippen molar-refractivity contribution in [1.82, 2.24) is 0 Å². The van der Waals surface area contributed by atoms with Crippen molar-refractivity contribution in [2.45, 2.75) is 12.5 Å². The van der Waals surface area contributed by atoms with Crippen molar-refractivity contribution in [2.75, 3.05) is 0 Å². The van der Waals surface area contributed by atoms with Gasteiger partial charge in [0, 0.05) is 0 Å². The van der Waals surface area contributed by atoms with Crippen molar-refractivity contribution in [3.8, 4) is 0 Å². The normalized spacial score (nSPS) is 11.7. The first-order valence-corrected chi connectivity index (χ1v) is 2.56. The molecule has 0 heterocycles. The highest BCUT2D eigenvalue weighted by Gasteiger charge is 2.12. The fourth-order valence-electron chi connectivity index (χ4n) is 0.380. The molecular weight excluding hydrogens is 136 g/mol. The highest BCUT2D eigenvalue weighted by atomic mass is 16.4. The highest BCUT2D eigenvalue weighted by Crippen LogP contribution is 1.99. The van der Waals surface area contributed by atoms with Gasteiger partial charge in [0.25, 0.3) is 0 Å². The number of aliphatic hydroxyl groups excluding tert-OH is 2. The van der Waals surface area contributed by atoms with Crippen molar-refractivity contribution in [1.29, 1.82) is 0 Å². The summed E-state index contributed by atoms with van der Waals surface area (Å²) in [6.07, 6.45) is -1.93. The van der Waals surface area contributed by atoms with Gasteiger partial charge in [0.15, 0.2) is 5.76 Å². The van der Waals surface area contributed by atoms with E-state index in [4.69, 9.17) is 15.3 Å². The number of carboxylic acids is 1. The number of carbonyl (C=O) groups is 1. The minimum absolute atomic E-state index is 0.533. The molecule has 0 spiro atoms. The van der Waals surface area contributed by atoms with Crippen LogP contribution in [0.5, 0.6) is 0 Å². The van der Waals surface area contributed by atoms with Gasteiger partial charge in [0.1, 0.15) is 6.10 Å². The van der Waals surface area contributed by atoms with E-state index in [2.05, 4.69) is 6.58 Å². The first-order chi connectivity index (χ1) is 4.57. The summed E-state index contributed by atoms with van der Waals surface area (Å²) in [5.41, 5.74) is 1.98. The second kappa shape index (κ2) is 3.71. The maximum absolute atomic E-state index is 9.90. The quantitative estimate of drug-likeness (QED) is 0.386. The van der Waals surface area contributed by atoms with Gasteiger partial charge in [-0.2, -0.15) is 0 Å². The average molecular weight is 144 g/mol. The van der Waals surface area contributed by atoms with Gasteiger partial charge in [0.2, 0.25) is 0 Å². The first-order valence-electron chi connectivity index (χ1n) is 2.56. The third-order valence-electron chi connectivity index (χ3n) is 0.865. The van der Waals surface area contributed by atoms with Crippen LogP contribution in [0.1, 0.15) is 6.42 Å². The Kier molecular flexibility index (Phi) is 3.25. The second-order valence-corrected chi connectivity index (χ2v) is 1.68. The lowest BCUT2D eigenvalue weighted by Crippen LogP contribution is -2.14. The summed E-state index contributed by atoms with van der Waals surface area (Å²) in [5, 5.41) is 25.4. The molecule has 4 heteroatoms. The van der Waals surface area contributed by atoms with Gasteiger partial charge in [-0.05, 0) is 0 Å². The van der Waals surface area contributed by atoms with Gasteiger partial charge in [0.05, 0.1) is 6.42 Å². The summed E-state index contributed by atoms with van der Waals surface area (Å²) < 4.78 is 0. The molecule has 10 heavy (non-hydrogen) atoms. The SMILES string of the molecule is C=C=C(O)C(O)CC(=O)O. The summed E-state index contributed by atoms with van der Waals surface area (Å²) in [4.78, 5) is 9.90. The molecule has 56 valence electrons. The van der Waals surface area contributed by atoms with Crippen LogP contribution in [0.2, 0.25) is 0 Å². The Morgan fingerprint density at radius 1 is 1.60 bits per heavy atom. The van der Waals surface area contributed by atoms with Crippen LogP contribution < -0.4 is 0 Å². The summed E-state index contributed by atoms with van der Waals surface area (Å²) in [6, 6.07) is 0. The molecule has 0 aromatic rings. The van der Waals surface area contributed by atoms with E-state index in [0.29, 0.717) is 0 Å². The molecule has 3 N–H and O–H groups in total. The number of hydrogen-bond donors (Lipinski definition) is 3. The predicted molar refractivity (Wildman–Crippen MR) is 33.5 cm³/mol. The van der Waals surface area contributed by atoms with Crippen LogP contribution in [0.4, 0.5) is 0 Å². The molecule has 0 fully saturated rings. The molecule has 4 nitrogen and oxygen atoms in total. The zero-order valence-electron chi connectivity index (χ0n) is 5.24. The van der Waals surface area contributed by atoms with Crippen molar-refractivity contribution in [3.05, 3.63) is 18.1 Å². The Morgan fingerprint density at radius 3 is 2.40 bits per heavy atom. The fraction of sp³-hybridized carbons (Fsp3) is 0.333. The molecule has 0 aliphatic heterocycles. The predicted octanol–water partition coefficient (Wildman–Crippen LogP) is 0.0488. The van der Waals surface area contributed by atoms with E-state index in [1.165, 1.54) is 0 Å². The summed E-state index contributed by atoms with van der Waals surface area (Å²) in [6.45, 7) is 3.02. The van der Waals surface area contributed by atoms with Gasteiger partial charge in [-0.15, -0.1) is 0 Å². The van der Waals surface area contributed by atoms with E-state index in [1.54, 1.807) is 0 Å². The monoisotopic (exact) mass is 144 g/mol. The number of hydrogen-bond acceptors (Lipinski definition) is 3.